The minimum atomic E-state index is -0.429. The van der Waals surface area contributed by atoms with Gasteiger partial charge in [-0.15, -0.1) is 0 Å². The molecule has 4 aromatic rings. The number of likely N-dealkylation sites (tertiary alicyclic amines) is 2. The van der Waals surface area contributed by atoms with Crippen molar-refractivity contribution < 1.29 is 9.13 Å². The Bertz CT molecular complexity index is 1390. The molecule has 2 aromatic carbocycles. The van der Waals surface area contributed by atoms with Crippen molar-refractivity contribution in [1.29, 1.82) is 0 Å². The second-order valence-corrected chi connectivity index (χ2v) is 10.2. The first-order valence-corrected chi connectivity index (χ1v) is 13.6. The molecule has 198 valence electrons. The highest BCUT2D eigenvalue weighted by molar-refractivity contribution is 5.98. The number of aromatic nitrogens is 4. The van der Waals surface area contributed by atoms with Crippen molar-refractivity contribution >= 4 is 16.9 Å². The van der Waals surface area contributed by atoms with Gasteiger partial charge < -0.3 is 20.3 Å². The Balaban J connectivity index is 1.24. The van der Waals surface area contributed by atoms with Gasteiger partial charge in [0.25, 0.3) is 0 Å². The number of halogens is 1. The summed E-state index contributed by atoms with van der Waals surface area (Å²) in [5.74, 6) is 0.943. The minimum absolute atomic E-state index is 0.177. The van der Waals surface area contributed by atoms with Gasteiger partial charge in [-0.25, -0.2) is 19.0 Å². The molecule has 2 fully saturated rings. The first-order chi connectivity index (χ1) is 18.6. The molecule has 6 rings (SSSR count). The number of hydrogen-bond acceptors (Lipinski definition) is 7. The van der Waals surface area contributed by atoms with E-state index in [-0.39, 0.29) is 6.04 Å². The molecule has 2 aliphatic rings. The lowest BCUT2D eigenvalue weighted by Crippen LogP contribution is -2.47. The standard InChI is InChI=1S/C29H34FN7O/c1-2-35-14-10-20(11-15-35)36-16-12-21(13-17-36)37-29-26(28(31)32-19-33-29)27(34-37)24-9-8-23(18-25(24)30)38-22-6-4-3-5-7-22/h3-9,18-21H,2,10-17H2,1H3,(H2,31,32,33). The number of nitrogen functional groups attached to an aromatic ring is 1. The maximum Gasteiger partial charge on any atom is 0.164 e. The number of para-hydroxylation sites is 1. The summed E-state index contributed by atoms with van der Waals surface area (Å²) < 4.78 is 23.2. The van der Waals surface area contributed by atoms with Crippen molar-refractivity contribution in [2.75, 3.05) is 38.5 Å². The summed E-state index contributed by atoms with van der Waals surface area (Å²) in [6.07, 6.45) is 5.88. The van der Waals surface area contributed by atoms with Gasteiger partial charge in [0.05, 0.1) is 11.4 Å². The van der Waals surface area contributed by atoms with Crippen LogP contribution in [0.5, 0.6) is 11.5 Å². The normalized spacial score (nSPS) is 18.3. The highest BCUT2D eigenvalue weighted by Crippen LogP contribution is 2.37. The number of benzene rings is 2. The minimum Gasteiger partial charge on any atom is -0.457 e. The first-order valence-electron chi connectivity index (χ1n) is 13.6. The predicted octanol–water partition coefficient (Wildman–Crippen LogP) is 5.13. The van der Waals surface area contributed by atoms with Crippen LogP contribution in [0.25, 0.3) is 22.3 Å². The maximum atomic E-state index is 15.4. The van der Waals surface area contributed by atoms with E-state index in [2.05, 4.69) is 26.7 Å². The van der Waals surface area contributed by atoms with Crippen LogP contribution in [0.4, 0.5) is 10.2 Å². The van der Waals surface area contributed by atoms with Gasteiger partial charge in [0.2, 0.25) is 0 Å². The molecule has 2 saturated heterocycles. The molecule has 8 nitrogen and oxygen atoms in total. The summed E-state index contributed by atoms with van der Waals surface area (Å²) in [5, 5.41) is 5.50. The van der Waals surface area contributed by atoms with Crippen LogP contribution in [-0.4, -0.2) is 68.3 Å². The third kappa shape index (κ3) is 4.83. The van der Waals surface area contributed by atoms with Gasteiger partial charge in [0.15, 0.2) is 5.65 Å². The Morgan fingerprint density at radius 1 is 0.921 bits per heavy atom. The van der Waals surface area contributed by atoms with E-state index in [0.717, 1.165) is 32.5 Å². The Morgan fingerprint density at radius 2 is 1.66 bits per heavy atom. The van der Waals surface area contributed by atoms with E-state index >= 15 is 4.39 Å². The monoisotopic (exact) mass is 515 g/mol. The molecule has 0 spiro atoms. The maximum absolute atomic E-state index is 15.4. The van der Waals surface area contributed by atoms with E-state index in [1.54, 1.807) is 12.1 Å². The van der Waals surface area contributed by atoms with E-state index < -0.39 is 5.82 Å². The fourth-order valence-electron chi connectivity index (χ4n) is 5.91. The number of ether oxygens (including phenoxy) is 1. The molecule has 2 N–H and O–H groups in total. The molecular weight excluding hydrogens is 481 g/mol. The summed E-state index contributed by atoms with van der Waals surface area (Å²) in [5.41, 5.74) is 7.78. The van der Waals surface area contributed by atoms with Crippen molar-refractivity contribution in [2.24, 2.45) is 0 Å². The number of anilines is 1. The molecule has 0 radical (unpaired) electrons. The largest absolute Gasteiger partial charge is 0.457 e. The van der Waals surface area contributed by atoms with Gasteiger partial charge in [-0.3, -0.25) is 0 Å². The highest BCUT2D eigenvalue weighted by atomic mass is 19.1. The molecule has 0 atom stereocenters. The van der Waals surface area contributed by atoms with Crippen LogP contribution in [-0.2, 0) is 0 Å². The van der Waals surface area contributed by atoms with Crippen LogP contribution in [0.2, 0.25) is 0 Å². The lowest BCUT2D eigenvalue weighted by atomic mass is 9.98. The Morgan fingerprint density at radius 3 is 2.37 bits per heavy atom. The topological polar surface area (TPSA) is 85.3 Å². The molecule has 38 heavy (non-hydrogen) atoms. The summed E-state index contributed by atoms with van der Waals surface area (Å²) in [6.45, 7) is 7.80. The van der Waals surface area contributed by atoms with E-state index in [4.69, 9.17) is 15.6 Å². The number of nitrogens with zero attached hydrogens (tertiary/aromatic N) is 6. The number of hydrogen-bond donors (Lipinski definition) is 1. The second kappa shape index (κ2) is 10.7. The Hall–Kier alpha value is -3.56. The molecule has 0 unspecified atom stereocenters. The van der Waals surface area contributed by atoms with Gasteiger partial charge in [-0.2, -0.15) is 5.10 Å². The zero-order valence-corrected chi connectivity index (χ0v) is 21.8. The Kier molecular flexibility index (Phi) is 6.95. The number of fused-ring (bicyclic) bond motifs is 1. The number of piperidine rings is 2. The lowest BCUT2D eigenvalue weighted by Gasteiger charge is -2.41. The summed E-state index contributed by atoms with van der Waals surface area (Å²) in [7, 11) is 0. The first kappa shape index (κ1) is 24.8. The van der Waals surface area contributed by atoms with E-state index in [0.29, 0.717) is 45.6 Å². The van der Waals surface area contributed by atoms with Crippen LogP contribution in [0.1, 0.15) is 38.6 Å². The quantitative estimate of drug-likeness (QED) is 0.381. The van der Waals surface area contributed by atoms with Crippen molar-refractivity contribution in [1.82, 2.24) is 29.5 Å². The van der Waals surface area contributed by atoms with Crippen LogP contribution in [0.3, 0.4) is 0 Å². The summed E-state index contributed by atoms with van der Waals surface area (Å²) in [4.78, 5) is 13.9. The molecule has 0 saturated carbocycles. The molecule has 2 aliphatic heterocycles. The van der Waals surface area contributed by atoms with Crippen molar-refractivity contribution in [2.45, 2.75) is 44.7 Å². The van der Waals surface area contributed by atoms with Crippen molar-refractivity contribution in [3.63, 3.8) is 0 Å². The molecule has 0 bridgehead atoms. The van der Waals surface area contributed by atoms with Crippen molar-refractivity contribution in [3.05, 3.63) is 60.7 Å². The molecule has 0 aliphatic carbocycles. The van der Waals surface area contributed by atoms with E-state index in [1.807, 2.05) is 35.0 Å². The van der Waals surface area contributed by atoms with Gasteiger partial charge >= 0.3 is 0 Å². The zero-order valence-electron chi connectivity index (χ0n) is 21.8. The average molecular weight is 516 g/mol. The third-order valence-electron chi connectivity index (χ3n) is 8.06. The molecule has 4 heterocycles. The smallest absolute Gasteiger partial charge is 0.164 e. The SMILES string of the molecule is CCN1CCC(N2CCC(n3nc(-c4ccc(Oc5ccccc5)cc4F)c4c(N)ncnc43)CC2)CC1. The van der Waals surface area contributed by atoms with Crippen LogP contribution >= 0.6 is 0 Å². The van der Waals surface area contributed by atoms with Crippen LogP contribution < -0.4 is 10.5 Å². The van der Waals surface area contributed by atoms with Crippen molar-refractivity contribution in [3.8, 4) is 22.8 Å². The predicted molar refractivity (Wildman–Crippen MR) is 147 cm³/mol. The van der Waals surface area contributed by atoms with Gasteiger partial charge in [-0.1, -0.05) is 25.1 Å². The summed E-state index contributed by atoms with van der Waals surface area (Å²) in [6, 6.07) is 15.0. The van der Waals surface area contributed by atoms with Gasteiger partial charge in [0.1, 0.15) is 35.2 Å². The van der Waals surface area contributed by atoms with E-state index in [9.17, 15) is 0 Å². The molecule has 9 heteroatoms. The zero-order chi connectivity index (χ0) is 26.1. The van der Waals surface area contributed by atoms with Gasteiger partial charge in [0, 0.05) is 30.8 Å². The number of rotatable bonds is 6. The Labute approximate surface area is 222 Å². The fraction of sp³-hybridized carbons (Fsp3) is 0.414. The van der Waals surface area contributed by atoms with Crippen LogP contribution in [0, 0.1) is 5.82 Å². The van der Waals surface area contributed by atoms with Crippen LogP contribution in [0.15, 0.2) is 54.9 Å². The molecular formula is C29H34FN7O. The third-order valence-corrected chi connectivity index (χ3v) is 8.06. The molecule has 2 aromatic heterocycles. The second-order valence-electron chi connectivity index (χ2n) is 10.2. The fourth-order valence-corrected chi connectivity index (χ4v) is 5.91. The van der Waals surface area contributed by atoms with Gasteiger partial charge in [-0.05, 0) is 69.6 Å². The van der Waals surface area contributed by atoms with E-state index in [1.165, 1.54) is 38.3 Å². The lowest BCUT2D eigenvalue weighted by molar-refractivity contribution is 0.0798. The highest BCUT2D eigenvalue weighted by Gasteiger charge is 2.31. The number of nitrogens with two attached hydrogens (primary N) is 1. The summed E-state index contributed by atoms with van der Waals surface area (Å²) >= 11 is 0. The average Bonchev–Trinajstić information content (AvgIpc) is 3.34. The molecule has 0 amide bonds.